The van der Waals surface area contributed by atoms with Gasteiger partial charge in [-0.05, 0) is 44.4 Å². The molecule has 2 aliphatic rings. The number of amides is 1. The molecule has 6 nitrogen and oxygen atoms in total. The second-order valence-electron chi connectivity index (χ2n) is 7.38. The van der Waals surface area contributed by atoms with Crippen LogP contribution in [0, 0.1) is 6.92 Å². The van der Waals surface area contributed by atoms with Gasteiger partial charge in [-0.25, -0.2) is 8.42 Å². The predicted molar refractivity (Wildman–Crippen MR) is 104 cm³/mol. The molecule has 1 amide bonds. The van der Waals surface area contributed by atoms with Crippen LogP contribution in [0.4, 0.5) is 0 Å². The zero-order valence-corrected chi connectivity index (χ0v) is 17.1. The number of morpholine rings is 1. The first kappa shape index (κ1) is 20.3. The van der Waals surface area contributed by atoms with Crippen molar-refractivity contribution >= 4 is 15.9 Å². The Kier molecular flexibility index (Phi) is 6.55. The molecule has 1 saturated heterocycles. The highest BCUT2D eigenvalue weighted by Gasteiger charge is 2.30. The van der Waals surface area contributed by atoms with Crippen LogP contribution in [0.25, 0.3) is 0 Å². The molecule has 0 aromatic heterocycles. The summed E-state index contributed by atoms with van der Waals surface area (Å²) in [7, 11) is -3.62. The first-order valence-electron chi connectivity index (χ1n) is 9.94. The van der Waals surface area contributed by atoms with Gasteiger partial charge in [0.25, 0.3) is 5.91 Å². The van der Waals surface area contributed by atoms with Crippen molar-refractivity contribution in [1.82, 2.24) is 9.21 Å². The number of hydrogen-bond donors (Lipinski definition) is 0. The quantitative estimate of drug-likeness (QED) is 0.770. The van der Waals surface area contributed by atoms with E-state index in [1.54, 1.807) is 25.1 Å². The SMILES string of the molecule is CCN(C(=O)c1ccc(C)c(S(=O)(=O)N2CCOCC2)c1)C1CCCCC1. The molecule has 150 valence electrons. The van der Waals surface area contributed by atoms with Crippen molar-refractivity contribution < 1.29 is 17.9 Å². The van der Waals surface area contributed by atoms with E-state index in [2.05, 4.69) is 0 Å². The summed E-state index contributed by atoms with van der Waals surface area (Å²) in [4.78, 5) is 15.3. The lowest BCUT2D eigenvalue weighted by atomic mass is 9.93. The second kappa shape index (κ2) is 8.71. The molecule has 0 radical (unpaired) electrons. The van der Waals surface area contributed by atoms with Crippen LogP contribution in [0.15, 0.2) is 23.1 Å². The number of hydrogen-bond acceptors (Lipinski definition) is 4. The fourth-order valence-corrected chi connectivity index (χ4v) is 5.72. The molecule has 2 fully saturated rings. The van der Waals surface area contributed by atoms with Gasteiger partial charge < -0.3 is 9.64 Å². The lowest BCUT2D eigenvalue weighted by Gasteiger charge is -2.34. The molecule has 1 aromatic carbocycles. The second-order valence-corrected chi connectivity index (χ2v) is 9.29. The summed E-state index contributed by atoms with van der Waals surface area (Å²) >= 11 is 0. The average Bonchev–Trinajstić information content (AvgIpc) is 2.70. The van der Waals surface area contributed by atoms with Gasteiger partial charge in [-0.1, -0.05) is 25.3 Å². The molecule has 27 heavy (non-hydrogen) atoms. The third-order valence-corrected chi connectivity index (χ3v) is 7.68. The molecule has 1 aromatic rings. The van der Waals surface area contributed by atoms with E-state index in [4.69, 9.17) is 4.74 Å². The Balaban J connectivity index is 1.88. The smallest absolute Gasteiger partial charge is 0.254 e. The highest BCUT2D eigenvalue weighted by Crippen LogP contribution is 2.26. The maximum Gasteiger partial charge on any atom is 0.254 e. The van der Waals surface area contributed by atoms with E-state index < -0.39 is 10.0 Å². The lowest BCUT2D eigenvalue weighted by molar-refractivity contribution is 0.0647. The highest BCUT2D eigenvalue weighted by molar-refractivity contribution is 7.89. The van der Waals surface area contributed by atoms with E-state index in [1.165, 1.54) is 10.7 Å². The van der Waals surface area contributed by atoms with Gasteiger partial charge >= 0.3 is 0 Å². The first-order valence-corrected chi connectivity index (χ1v) is 11.4. The topological polar surface area (TPSA) is 66.9 Å². The normalized spacial score (nSPS) is 19.8. The maximum absolute atomic E-state index is 13.1. The van der Waals surface area contributed by atoms with E-state index in [0.29, 0.717) is 44.0 Å². The van der Waals surface area contributed by atoms with E-state index in [1.807, 2.05) is 11.8 Å². The van der Waals surface area contributed by atoms with Crippen molar-refractivity contribution in [3.8, 4) is 0 Å². The summed E-state index contributed by atoms with van der Waals surface area (Å²) in [5, 5.41) is 0. The van der Waals surface area contributed by atoms with Gasteiger partial charge in [0, 0.05) is 31.2 Å². The number of aryl methyl sites for hydroxylation is 1. The fraction of sp³-hybridized carbons (Fsp3) is 0.650. The van der Waals surface area contributed by atoms with Gasteiger partial charge in [-0.2, -0.15) is 4.31 Å². The van der Waals surface area contributed by atoms with Gasteiger partial charge in [0.1, 0.15) is 0 Å². The summed E-state index contributed by atoms with van der Waals surface area (Å²) in [5.74, 6) is -0.0668. The van der Waals surface area contributed by atoms with Crippen molar-refractivity contribution in [1.29, 1.82) is 0 Å². The summed E-state index contributed by atoms with van der Waals surface area (Å²) in [6.45, 7) is 5.92. The van der Waals surface area contributed by atoms with Crippen molar-refractivity contribution in [2.45, 2.75) is 56.9 Å². The molecule has 0 bridgehead atoms. The van der Waals surface area contributed by atoms with Crippen molar-refractivity contribution in [3.05, 3.63) is 29.3 Å². The van der Waals surface area contributed by atoms with Crippen LogP contribution in [0.3, 0.4) is 0 Å². The molecule has 3 rings (SSSR count). The molecular formula is C20H30N2O4S. The monoisotopic (exact) mass is 394 g/mol. The third kappa shape index (κ3) is 4.36. The molecule has 0 atom stereocenters. The van der Waals surface area contributed by atoms with Gasteiger partial charge in [0.15, 0.2) is 0 Å². The molecule has 1 heterocycles. The fourth-order valence-electron chi connectivity index (χ4n) is 4.06. The molecule has 0 N–H and O–H groups in total. The summed E-state index contributed by atoms with van der Waals surface area (Å²) < 4.78 is 32.9. The average molecular weight is 395 g/mol. The maximum atomic E-state index is 13.1. The highest BCUT2D eigenvalue weighted by atomic mass is 32.2. The zero-order valence-electron chi connectivity index (χ0n) is 16.3. The van der Waals surface area contributed by atoms with Crippen LogP contribution in [-0.4, -0.2) is 62.4 Å². The van der Waals surface area contributed by atoms with Crippen molar-refractivity contribution in [2.24, 2.45) is 0 Å². The number of carbonyl (C=O) groups excluding carboxylic acids is 1. The van der Waals surface area contributed by atoms with Gasteiger partial charge in [0.2, 0.25) is 10.0 Å². The van der Waals surface area contributed by atoms with E-state index in [-0.39, 0.29) is 16.8 Å². The summed E-state index contributed by atoms with van der Waals surface area (Å²) in [6.07, 6.45) is 5.60. The minimum absolute atomic E-state index is 0.0668. The Hall–Kier alpha value is -1.44. The number of sulfonamides is 1. The van der Waals surface area contributed by atoms with E-state index in [9.17, 15) is 13.2 Å². The molecule has 7 heteroatoms. The Morgan fingerprint density at radius 1 is 1.19 bits per heavy atom. The molecule has 0 unspecified atom stereocenters. The van der Waals surface area contributed by atoms with Gasteiger partial charge in [0.05, 0.1) is 18.1 Å². The molecular weight excluding hydrogens is 364 g/mol. The number of ether oxygens (including phenoxy) is 1. The first-order chi connectivity index (χ1) is 12.9. The summed E-state index contributed by atoms with van der Waals surface area (Å²) in [6, 6.07) is 5.32. The standard InChI is InChI=1S/C20H30N2O4S/c1-3-22(18-7-5-4-6-8-18)20(23)17-10-9-16(2)19(15-17)27(24,25)21-11-13-26-14-12-21/h9-10,15,18H,3-8,11-14H2,1-2H3. The van der Waals surface area contributed by atoms with Crippen LogP contribution < -0.4 is 0 Å². The number of carbonyl (C=O) groups is 1. The van der Waals surface area contributed by atoms with Gasteiger partial charge in [-0.15, -0.1) is 0 Å². The van der Waals surface area contributed by atoms with Crippen LogP contribution in [0.1, 0.15) is 54.9 Å². The Morgan fingerprint density at radius 3 is 2.48 bits per heavy atom. The molecule has 1 saturated carbocycles. The third-order valence-electron chi connectivity index (χ3n) is 5.64. The summed E-state index contributed by atoms with van der Waals surface area (Å²) in [5.41, 5.74) is 1.12. The van der Waals surface area contributed by atoms with Crippen LogP contribution in [-0.2, 0) is 14.8 Å². The van der Waals surface area contributed by atoms with Gasteiger partial charge in [-0.3, -0.25) is 4.79 Å². The van der Waals surface area contributed by atoms with Crippen LogP contribution >= 0.6 is 0 Å². The number of rotatable bonds is 5. The zero-order chi connectivity index (χ0) is 19.4. The number of benzene rings is 1. The Labute approximate surface area is 162 Å². The minimum atomic E-state index is -3.62. The molecule has 0 spiro atoms. The minimum Gasteiger partial charge on any atom is -0.379 e. The molecule has 1 aliphatic carbocycles. The van der Waals surface area contributed by atoms with E-state index in [0.717, 1.165) is 25.7 Å². The largest absolute Gasteiger partial charge is 0.379 e. The van der Waals surface area contributed by atoms with Crippen molar-refractivity contribution in [2.75, 3.05) is 32.8 Å². The lowest BCUT2D eigenvalue weighted by Crippen LogP contribution is -2.42. The van der Waals surface area contributed by atoms with E-state index >= 15 is 0 Å². The Bertz CT molecular complexity index is 766. The molecule has 1 aliphatic heterocycles. The predicted octanol–water partition coefficient (Wildman–Crippen LogP) is 2.81. The van der Waals surface area contributed by atoms with Crippen LogP contribution in [0.2, 0.25) is 0 Å². The Morgan fingerprint density at radius 2 is 1.85 bits per heavy atom. The van der Waals surface area contributed by atoms with Crippen LogP contribution in [0.5, 0.6) is 0 Å². The number of nitrogens with zero attached hydrogens (tertiary/aromatic N) is 2. The van der Waals surface area contributed by atoms with Crippen molar-refractivity contribution in [3.63, 3.8) is 0 Å².